The van der Waals surface area contributed by atoms with Crippen LogP contribution in [0, 0.1) is 39.4 Å². The Morgan fingerprint density at radius 2 is 1.74 bits per heavy atom. The molecule has 4 aliphatic carbocycles. The molecule has 4 rings (SSSR count). The van der Waals surface area contributed by atoms with Crippen molar-refractivity contribution in [3.05, 3.63) is 22.8 Å². The molecular weight excluding hydrogens is 424 g/mol. The van der Waals surface area contributed by atoms with Gasteiger partial charge in [0.1, 0.15) is 5.78 Å². The first-order chi connectivity index (χ1) is 15.7. The van der Waals surface area contributed by atoms with Gasteiger partial charge in [-0.3, -0.25) is 14.4 Å². The lowest BCUT2D eigenvalue weighted by atomic mass is 9.43. The van der Waals surface area contributed by atoms with Gasteiger partial charge < -0.3 is 5.11 Å². The van der Waals surface area contributed by atoms with Gasteiger partial charge in [0.15, 0.2) is 5.78 Å². The molecule has 0 saturated heterocycles. The van der Waals surface area contributed by atoms with Gasteiger partial charge in [0.05, 0.1) is 5.92 Å². The number of fused-ring (bicyclic) bond motifs is 4. The van der Waals surface area contributed by atoms with Crippen LogP contribution in [0.1, 0.15) is 106 Å². The number of rotatable bonds is 5. The van der Waals surface area contributed by atoms with E-state index in [-0.39, 0.29) is 39.8 Å². The predicted molar refractivity (Wildman–Crippen MR) is 134 cm³/mol. The molecule has 0 bridgehead atoms. The second kappa shape index (κ2) is 8.17. The van der Waals surface area contributed by atoms with E-state index in [1.54, 1.807) is 0 Å². The number of carboxylic acid groups (broad SMARTS) is 1. The minimum absolute atomic E-state index is 0.0634. The Labute approximate surface area is 205 Å². The lowest BCUT2D eigenvalue weighted by molar-refractivity contribution is -0.147. The Balaban J connectivity index is 1.75. The maximum Gasteiger partial charge on any atom is 0.306 e. The summed E-state index contributed by atoms with van der Waals surface area (Å²) in [6, 6.07) is 0. The molecule has 2 fully saturated rings. The van der Waals surface area contributed by atoms with Crippen molar-refractivity contribution in [2.45, 2.75) is 106 Å². The lowest BCUT2D eigenvalue weighted by Gasteiger charge is -2.60. The van der Waals surface area contributed by atoms with Crippen LogP contribution in [0.25, 0.3) is 0 Å². The fourth-order valence-electron chi connectivity index (χ4n) is 8.90. The first-order valence-electron chi connectivity index (χ1n) is 13.4. The Morgan fingerprint density at radius 3 is 2.35 bits per heavy atom. The van der Waals surface area contributed by atoms with Crippen LogP contribution in [-0.4, -0.2) is 22.6 Å². The van der Waals surface area contributed by atoms with Crippen molar-refractivity contribution in [3.63, 3.8) is 0 Å². The number of carboxylic acids is 1. The minimum Gasteiger partial charge on any atom is -0.481 e. The van der Waals surface area contributed by atoms with E-state index in [0.29, 0.717) is 25.0 Å². The monoisotopic (exact) mass is 468 g/mol. The molecule has 0 spiro atoms. The average molecular weight is 469 g/mol. The molecule has 0 heterocycles. The lowest BCUT2D eigenvalue weighted by Crippen LogP contribution is -2.56. The zero-order valence-corrected chi connectivity index (χ0v) is 22.3. The van der Waals surface area contributed by atoms with E-state index in [2.05, 4.69) is 40.7 Å². The van der Waals surface area contributed by atoms with Gasteiger partial charge in [-0.25, -0.2) is 0 Å². The number of hydrogen-bond acceptors (Lipinski definition) is 3. The van der Waals surface area contributed by atoms with E-state index in [1.807, 2.05) is 13.8 Å². The summed E-state index contributed by atoms with van der Waals surface area (Å²) >= 11 is 0. The van der Waals surface area contributed by atoms with Crippen LogP contribution in [0.15, 0.2) is 22.8 Å². The Bertz CT molecular complexity index is 980. The van der Waals surface area contributed by atoms with E-state index < -0.39 is 11.4 Å². The predicted octanol–water partition coefficient (Wildman–Crippen LogP) is 6.93. The average Bonchev–Trinajstić information content (AvgIpc) is 3.01. The van der Waals surface area contributed by atoms with Gasteiger partial charge in [0.2, 0.25) is 0 Å². The summed E-state index contributed by atoms with van der Waals surface area (Å²) in [6.45, 7) is 15.0. The van der Waals surface area contributed by atoms with Crippen LogP contribution in [0.3, 0.4) is 0 Å². The van der Waals surface area contributed by atoms with Gasteiger partial charge in [-0.2, -0.15) is 0 Å². The van der Waals surface area contributed by atoms with Gasteiger partial charge in [0.25, 0.3) is 0 Å². The summed E-state index contributed by atoms with van der Waals surface area (Å²) in [4.78, 5) is 39.1. The van der Waals surface area contributed by atoms with Crippen molar-refractivity contribution < 1.29 is 19.5 Å². The summed E-state index contributed by atoms with van der Waals surface area (Å²) < 4.78 is 0. The number of ketones is 2. The molecule has 0 unspecified atom stereocenters. The summed E-state index contributed by atoms with van der Waals surface area (Å²) in [7, 11) is 0. The molecule has 0 aromatic rings. The highest BCUT2D eigenvalue weighted by atomic mass is 16.4. The van der Waals surface area contributed by atoms with Crippen LogP contribution in [0.5, 0.6) is 0 Å². The topological polar surface area (TPSA) is 71.4 Å². The highest BCUT2D eigenvalue weighted by Crippen LogP contribution is 2.71. The molecule has 188 valence electrons. The molecule has 4 aliphatic rings. The molecule has 0 aliphatic heterocycles. The molecule has 6 atom stereocenters. The normalized spacial score (nSPS) is 39.7. The van der Waals surface area contributed by atoms with Gasteiger partial charge in [-0.15, -0.1) is 0 Å². The number of Topliss-reactive ketones (excluding diaryl/α,β-unsaturated/α-hetero) is 2. The van der Waals surface area contributed by atoms with E-state index in [4.69, 9.17) is 0 Å². The maximum atomic E-state index is 13.9. The minimum atomic E-state index is -0.688. The molecular formula is C30H44O4. The highest BCUT2D eigenvalue weighted by molar-refractivity contribution is 6.00. The third-order valence-electron chi connectivity index (χ3n) is 11.2. The number of allylic oxidation sites excluding steroid dienone is 4. The SMILES string of the molecule is CC(C)=CCC[C@H](C(=O)O)[C@@H]1CC[C@]2(C)C3=C(CC[C@]12C)[C@@]1(C)CCC(=O)C(C)(C)[C@@H]1CC3=O. The van der Waals surface area contributed by atoms with E-state index in [9.17, 15) is 19.5 Å². The fraction of sp³-hybridized carbons (Fsp3) is 0.767. The van der Waals surface area contributed by atoms with E-state index in [1.165, 1.54) is 11.1 Å². The van der Waals surface area contributed by atoms with Crippen molar-refractivity contribution in [1.29, 1.82) is 0 Å². The van der Waals surface area contributed by atoms with Crippen molar-refractivity contribution in [1.82, 2.24) is 0 Å². The molecule has 4 heteroatoms. The van der Waals surface area contributed by atoms with E-state index in [0.717, 1.165) is 44.1 Å². The van der Waals surface area contributed by atoms with Gasteiger partial charge in [-0.1, -0.05) is 51.8 Å². The Morgan fingerprint density at radius 1 is 1.06 bits per heavy atom. The fourth-order valence-corrected chi connectivity index (χ4v) is 8.90. The van der Waals surface area contributed by atoms with Crippen LogP contribution in [0.4, 0.5) is 0 Å². The van der Waals surface area contributed by atoms with Crippen molar-refractivity contribution in [3.8, 4) is 0 Å². The third-order valence-corrected chi connectivity index (χ3v) is 11.2. The van der Waals surface area contributed by atoms with E-state index >= 15 is 0 Å². The first kappa shape index (κ1) is 25.4. The van der Waals surface area contributed by atoms with Gasteiger partial charge in [0, 0.05) is 29.2 Å². The van der Waals surface area contributed by atoms with Gasteiger partial charge in [-0.05, 0) is 81.5 Å². The zero-order chi connectivity index (χ0) is 25.3. The number of hydrogen-bond donors (Lipinski definition) is 1. The second-order valence-electron chi connectivity index (χ2n) is 13.3. The van der Waals surface area contributed by atoms with Crippen molar-refractivity contribution in [2.24, 2.45) is 39.4 Å². The molecule has 0 amide bonds. The largest absolute Gasteiger partial charge is 0.481 e. The van der Waals surface area contributed by atoms with Crippen molar-refractivity contribution in [2.75, 3.05) is 0 Å². The maximum absolute atomic E-state index is 13.9. The van der Waals surface area contributed by atoms with Crippen LogP contribution in [-0.2, 0) is 14.4 Å². The zero-order valence-electron chi connectivity index (χ0n) is 22.3. The van der Waals surface area contributed by atoms with Crippen molar-refractivity contribution >= 4 is 17.5 Å². The molecule has 2 saturated carbocycles. The Hall–Kier alpha value is -1.71. The van der Waals surface area contributed by atoms with Crippen LogP contribution >= 0.6 is 0 Å². The molecule has 0 radical (unpaired) electrons. The standard InChI is InChI=1S/C30H44O4/c1-18(2)9-8-10-19(26(33)34)20-11-16-30(7)25-21(12-15-29(20,30)6)28(5)14-13-24(32)27(3,4)23(28)17-22(25)31/h9,19-20,23H,8,10-17H2,1-7H3,(H,33,34)/t19-,20-,23-,28+,29+,30+/m0/s1. The molecule has 34 heavy (non-hydrogen) atoms. The Kier molecular flexibility index (Phi) is 6.10. The van der Waals surface area contributed by atoms with Gasteiger partial charge >= 0.3 is 5.97 Å². The van der Waals surface area contributed by atoms with Crippen LogP contribution < -0.4 is 0 Å². The molecule has 4 nitrogen and oxygen atoms in total. The number of carbonyl (C=O) groups is 3. The summed E-state index contributed by atoms with van der Waals surface area (Å²) in [5.41, 5.74) is 2.50. The quantitative estimate of drug-likeness (QED) is 0.444. The number of aliphatic carboxylic acids is 1. The van der Waals surface area contributed by atoms with Crippen LogP contribution in [0.2, 0.25) is 0 Å². The summed E-state index contributed by atoms with van der Waals surface area (Å²) in [5, 5.41) is 10.2. The molecule has 0 aromatic heterocycles. The molecule has 1 N–H and O–H groups in total. The summed E-state index contributed by atoms with van der Waals surface area (Å²) in [6.07, 6.45) is 9.02. The third kappa shape index (κ3) is 3.41. The number of carbonyl (C=O) groups excluding carboxylic acids is 2. The molecule has 0 aromatic carbocycles. The summed E-state index contributed by atoms with van der Waals surface area (Å²) in [5.74, 6) is -0.401. The smallest absolute Gasteiger partial charge is 0.306 e. The second-order valence-corrected chi connectivity index (χ2v) is 13.3. The first-order valence-corrected chi connectivity index (χ1v) is 13.4. The highest BCUT2D eigenvalue weighted by Gasteiger charge is 2.66.